The van der Waals surface area contributed by atoms with E-state index in [0.29, 0.717) is 5.69 Å². The van der Waals surface area contributed by atoms with E-state index >= 15 is 0 Å². The third-order valence-corrected chi connectivity index (χ3v) is 4.90. The lowest BCUT2D eigenvalue weighted by Crippen LogP contribution is -2.45. The molecule has 134 valence electrons. The maximum atomic E-state index is 14.1. The first-order valence-electron chi connectivity index (χ1n) is 7.72. The molecule has 1 N–H and O–H groups in total. The molecule has 0 aromatic heterocycles. The minimum atomic E-state index is -3.86. The first kappa shape index (κ1) is 18.9. The van der Waals surface area contributed by atoms with Crippen molar-refractivity contribution < 1.29 is 17.6 Å². The number of carbonyl (C=O) groups is 1. The molecule has 1 atom stereocenters. The number of halogens is 1. The number of aryl methyl sites for hydroxylation is 2. The smallest absolute Gasteiger partial charge is 0.247 e. The summed E-state index contributed by atoms with van der Waals surface area (Å²) in [5.41, 5.74) is 2.35. The van der Waals surface area contributed by atoms with E-state index in [0.717, 1.165) is 27.8 Å². The van der Waals surface area contributed by atoms with E-state index in [4.69, 9.17) is 0 Å². The molecule has 2 rings (SSSR count). The van der Waals surface area contributed by atoms with E-state index in [9.17, 15) is 17.6 Å². The molecule has 0 aliphatic rings. The SMILES string of the molecule is Cc1cc(C)cc(NC(=O)C(C)N(c2ccccc2F)S(C)(=O)=O)c1. The highest BCUT2D eigenvalue weighted by Gasteiger charge is 2.31. The Bertz CT molecular complexity index is 877. The second kappa shape index (κ2) is 7.23. The minimum absolute atomic E-state index is 0.159. The van der Waals surface area contributed by atoms with Crippen molar-refractivity contribution in [3.05, 3.63) is 59.4 Å². The molecule has 0 saturated carbocycles. The van der Waals surface area contributed by atoms with Gasteiger partial charge >= 0.3 is 0 Å². The van der Waals surface area contributed by atoms with Crippen molar-refractivity contribution in [3.8, 4) is 0 Å². The molecule has 2 aromatic rings. The fourth-order valence-electron chi connectivity index (χ4n) is 2.70. The highest BCUT2D eigenvalue weighted by atomic mass is 32.2. The van der Waals surface area contributed by atoms with Gasteiger partial charge in [0.25, 0.3) is 0 Å². The lowest BCUT2D eigenvalue weighted by molar-refractivity contribution is -0.116. The summed E-state index contributed by atoms with van der Waals surface area (Å²) in [7, 11) is -3.86. The molecule has 1 amide bonds. The van der Waals surface area contributed by atoms with Gasteiger partial charge in [-0.2, -0.15) is 0 Å². The Balaban J connectivity index is 2.35. The van der Waals surface area contributed by atoms with Gasteiger partial charge in [0, 0.05) is 5.69 Å². The molecule has 0 aliphatic heterocycles. The van der Waals surface area contributed by atoms with Crippen LogP contribution in [0.4, 0.5) is 15.8 Å². The van der Waals surface area contributed by atoms with Crippen LogP contribution in [-0.2, 0) is 14.8 Å². The molecule has 0 radical (unpaired) electrons. The van der Waals surface area contributed by atoms with Gasteiger partial charge in [-0.05, 0) is 56.2 Å². The largest absolute Gasteiger partial charge is 0.324 e. The summed E-state index contributed by atoms with van der Waals surface area (Å²) in [5, 5.41) is 2.70. The van der Waals surface area contributed by atoms with Crippen LogP contribution in [-0.4, -0.2) is 26.6 Å². The number of amides is 1. The highest BCUT2D eigenvalue weighted by molar-refractivity contribution is 7.92. The zero-order chi connectivity index (χ0) is 18.8. The van der Waals surface area contributed by atoms with Gasteiger partial charge in [-0.15, -0.1) is 0 Å². The fraction of sp³-hybridized carbons (Fsp3) is 0.278. The van der Waals surface area contributed by atoms with Gasteiger partial charge in [-0.1, -0.05) is 18.2 Å². The van der Waals surface area contributed by atoms with Gasteiger partial charge in [0.2, 0.25) is 15.9 Å². The quantitative estimate of drug-likeness (QED) is 0.886. The van der Waals surface area contributed by atoms with Crippen LogP contribution >= 0.6 is 0 Å². The van der Waals surface area contributed by atoms with Crippen LogP contribution in [0.3, 0.4) is 0 Å². The molecule has 2 aromatic carbocycles. The third kappa shape index (κ3) is 4.57. The Kier molecular flexibility index (Phi) is 5.47. The Morgan fingerprint density at radius 2 is 1.68 bits per heavy atom. The summed E-state index contributed by atoms with van der Waals surface area (Å²) in [4.78, 5) is 12.6. The average molecular weight is 364 g/mol. The first-order valence-corrected chi connectivity index (χ1v) is 9.57. The van der Waals surface area contributed by atoms with Crippen LogP contribution in [0.1, 0.15) is 18.1 Å². The topological polar surface area (TPSA) is 66.5 Å². The number of nitrogens with one attached hydrogen (secondary N) is 1. The van der Waals surface area contributed by atoms with Crippen molar-refractivity contribution in [2.75, 3.05) is 15.9 Å². The van der Waals surface area contributed by atoms with Crippen LogP contribution in [0.2, 0.25) is 0 Å². The highest BCUT2D eigenvalue weighted by Crippen LogP contribution is 2.25. The summed E-state index contributed by atoms with van der Waals surface area (Å²) in [6.07, 6.45) is 0.944. The predicted molar refractivity (Wildman–Crippen MR) is 97.7 cm³/mol. The fourth-order valence-corrected chi connectivity index (χ4v) is 3.88. The third-order valence-electron chi connectivity index (χ3n) is 3.67. The van der Waals surface area contributed by atoms with E-state index in [-0.39, 0.29) is 5.69 Å². The number of carbonyl (C=O) groups excluding carboxylic acids is 1. The molecule has 7 heteroatoms. The van der Waals surface area contributed by atoms with Crippen LogP contribution < -0.4 is 9.62 Å². The first-order chi connectivity index (χ1) is 11.6. The molecule has 0 saturated heterocycles. The molecule has 25 heavy (non-hydrogen) atoms. The second-order valence-electron chi connectivity index (χ2n) is 6.05. The zero-order valence-electron chi connectivity index (χ0n) is 14.6. The van der Waals surface area contributed by atoms with E-state index in [2.05, 4.69) is 5.32 Å². The molecular formula is C18H21FN2O3S. The van der Waals surface area contributed by atoms with E-state index in [1.54, 1.807) is 12.1 Å². The van der Waals surface area contributed by atoms with Gasteiger partial charge in [-0.3, -0.25) is 9.10 Å². The molecular weight excluding hydrogens is 343 g/mol. The van der Waals surface area contributed by atoms with E-state index in [1.807, 2.05) is 19.9 Å². The number of para-hydroxylation sites is 1. The number of benzene rings is 2. The van der Waals surface area contributed by atoms with Crippen molar-refractivity contribution >= 4 is 27.3 Å². The van der Waals surface area contributed by atoms with Gasteiger partial charge in [0.1, 0.15) is 11.9 Å². The number of hydrogen-bond donors (Lipinski definition) is 1. The van der Waals surface area contributed by atoms with E-state index in [1.165, 1.54) is 25.1 Å². The predicted octanol–water partition coefficient (Wildman–Crippen LogP) is 3.24. The number of nitrogens with zero attached hydrogens (tertiary/aromatic N) is 1. The zero-order valence-corrected chi connectivity index (χ0v) is 15.4. The van der Waals surface area contributed by atoms with Crippen molar-refractivity contribution in [3.63, 3.8) is 0 Å². The minimum Gasteiger partial charge on any atom is -0.324 e. The number of anilines is 2. The lowest BCUT2D eigenvalue weighted by atomic mass is 10.1. The Hall–Kier alpha value is -2.41. The standard InChI is InChI=1S/C18H21FN2O3S/c1-12-9-13(2)11-15(10-12)20-18(22)14(3)21(25(4,23)24)17-8-6-5-7-16(17)19/h5-11,14H,1-4H3,(H,20,22). The Labute approximate surface area is 147 Å². The van der Waals surface area contributed by atoms with Gasteiger partial charge in [0.05, 0.1) is 11.9 Å². The van der Waals surface area contributed by atoms with Crippen LogP contribution in [0.5, 0.6) is 0 Å². The maximum absolute atomic E-state index is 14.1. The van der Waals surface area contributed by atoms with Gasteiger partial charge in [0.15, 0.2) is 0 Å². The Morgan fingerprint density at radius 3 is 2.20 bits per heavy atom. The van der Waals surface area contributed by atoms with Crippen molar-refractivity contribution in [1.82, 2.24) is 0 Å². The molecule has 1 unspecified atom stereocenters. The Morgan fingerprint density at radius 1 is 1.12 bits per heavy atom. The van der Waals surface area contributed by atoms with Gasteiger partial charge < -0.3 is 5.32 Å². The molecule has 5 nitrogen and oxygen atoms in total. The van der Waals surface area contributed by atoms with Crippen molar-refractivity contribution in [2.45, 2.75) is 26.8 Å². The molecule has 0 heterocycles. The van der Waals surface area contributed by atoms with Crippen LogP contribution in [0.25, 0.3) is 0 Å². The maximum Gasteiger partial charge on any atom is 0.247 e. The number of hydrogen-bond acceptors (Lipinski definition) is 3. The van der Waals surface area contributed by atoms with Gasteiger partial charge in [-0.25, -0.2) is 12.8 Å². The van der Waals surface area contributed by atoms with Crippen molar-refractivity contribution in [2.24, 2.45) is 0 Å². The molecule has 0 aliphatic carbocycles. The monoisotopic (exact) mass is 364 g/mol. The number of rotatable bonds is 5. The van der Waals surface area contributed by atoms with Crippen LogP contribution in [0, 0.1) is 19.7 Å². The molecule has 0 spiro atoms. The van der Waals surface area contributed by atoms with Crippen LogP contribution in [0.15, 0.2) is 42.5 Å². The second-order valence-corrected chi connectivity index (χ2v) is 7.91. The summed E-state index contributed by atoms with van der Waals surface area (Å²) < 4.78 is 39.2. The lowest BCUT2D eigenvalue weighted by Gasteiger charge is -2.28. The molecule has 0 fully saturated rings. The summed E-state index contributed by atoms with van der Waals surface area (Å²) in [6, 6.07) is 9.87. The normalized spacial score (nSPS) is 12.5. The number of sulfonamides is 1. The average Bonchev–Trinajstić information content (AvgIpc) is 2.46. The summed E-state index contributed by atoms with van der Waals surface area (Å²) in [6.45, 7) is 5.22. The van der Waals surface area contributed by atoms with E-state index < -0.39 is 27.8 Å². The summed E-state index contributed by atoms with van der Waals surface area (Å²) in [5.74, 6) is -1.25. The summed E-state index contributed by atoms with van der Waals surface area (Å²) >= 11 is 0. The molecule has 0 bridgehead atoms. The van der Waals surface area contributed by atoms with Crippen molar-refractivity contribution in [1.29, 1.82) is 0 Å².